The number of methoxy groups -OCH3 is 1. The fourth-order valence-corrected chi connectivity index (χ4v) is 2.73. The molecule has 0 saturated carbocycles. The molecule has 0 spiro atoms. The number of ketones is 1. The van der Waals surface area contributed by atoms with Crippen LogP contribution in [0.1, 0.15) is 10.4 Å². The molecule has 1 heterocycles. The third-order valence-corrected chi connectivity index (χ3v) is 3.93. The molecular weight excluding hydrogens is 331 g/mol. The van der Waals surface area contributed by atoms with Crippen LogP contribution in [0.4, 0.5) is 15.8 Å². The van der Waals surface area contributed by atoms with Gasteiger partial charge >= 0.3 is 0 Å². The van der Waals surface area contributed by atoms with E-state index in [1.165, 1.54) is 13.4 Å². The number of imidazole rings is 1. The first-order valence-corrected chi connectivity index (χ1v) is 7.60. The number of nitrogens with zero attached hydrogens (tertiary/aromatic N) is 1. The first-order chi connectivity index (χ1) is 11.5. The van der Waals surface area contributed by atoms with Gasteiger partial charge in [0.2, 0.25) is 0 Å². The lowest BCUT2D eigenvalue weighted by molar-refractivity contribution is 0.0848. The molecule has 0 amide bonds. The van der Waals surface area contributed by atoms with Gasteiger partial charge in [-0.1, -0.05) is 23.1 Å². The van der Waals surface area contributed by atoms with Crippen molar-refractivity contribution in [2.45, 2.75) is 0 Å². The number of ether oxygens (including phenoxy) is 1. The quantitative estimate of drug-likeness (QED) is 0.549. The Bertz CT molecular complexity index is 929. The monoisotopic (exact) mass is 345 g/mol. The molecule has 3 aromatic rings. The molecule has 0 unspecified atom stereocenters. The van der Waals surface area contributed by atoms with Crippen molar-refractivity contribution in [1.82, 2.24) is 9.97 Å². The van der Waals surface area contributed by atoms with Crippen molar-refractivity contribution in [2.24, 2.45) is 0 Å². The Morgan fingerprint density at radius 1 is 1.46 bits per heavy atom. The summed E-state index contributed by atoms with van der Waals surface area (Å²) in [6.45, 7) is -0.157. The number of halogens is 2. The normalized spacial score (nSPS) is 11.0. The number of aromatic nitrogens is 2. The molecule has 122 valence electrons. The number of hydrogen-bond donors (Lipinski definition) is 2. The second kappa shape index (κ2) is 6.63. The van der Waals surface area contributed by atoms with Crippen molar-refractivity contribution >= 4 is 53.1 Å². The van der Waals surface area contributed by atoms with Crippen molar-refractivity contribution in [1.29, 1.82) is 0 Å². The van der Waals surface area contributed by atoms with Crippen LogP contribution in [0.2, 0.25) is 5.02 Å². The largest absolute Gasteiger partial charge is 0.377 e. The summed E-state index contributed by atoms with van der Waals surface area (Å²) in [6.07, 6.45) is 1.38. The van der Waals surface area contributed by atoms with Gasteiger partial charge in [0, 0.05) is 12.7 Å². The van der Waals surface area contributed by atoms with E-state index in [0.29, 0.717) is 16.2 Å². The first-order valence-electron chi connectivity index (χ1n) is 7.22. The predicted molar refractivity (Wildman–Crippen MR) is 95.2 cm³/mol. The standard InChI is InChI=1S/C16H14BClFN3O2/c1-24-6-13(23)9-5-12-16(21-7-20-12)14(19)15(9)22-11-3-2-8(17)4-10(11)18/h2-5,7,22H,6,17H2,1H3,(H,20,21). The lowest BCUT2D eigenvalue weighted by Gasteiger charge is -2.14. The zero-order chi connectivity index (χ0) is 17.3. The van der Waals surface area contributed by atoms with Crippen molar-refractivity contribution in [3.05, 3.63) is 47.0 Å². The van der Waals surface area contributed by atoms with E-state index in [-0.39, 0.29) is 29.2 Å². The highest BCUT2D eigenvalue weighted by molar-refractivity contribution is 6.37. The van der Waals surface area contributed by atoms with E-state index in [9.17, 15) is 9.18 Å². The number of fused-ring (bicyclic) bond motifs is 1. The summed E-state index contributed by atoms with van der Waals surface area (Å²) in [7, 11) is 3.31. The Labute approximate surface area is 143 Å². The number of Topliss-reactive ketones (excluding diaryl/α,β-unsaturated/α-hetero) is 1. The zero-order valence-electron chi connectivity index (χ0n) is 13.1. The van der Waals surface area contributed by atoms with Gasteiger partial charge in [0.15, 0.2) is 11.6 Å². The molecule has 24 heavy (non-hydrogen) atoms. The van der Waals surface area contributed by atoms with E-state index >= 15 is 0 Å². The number of hydrogen-bond acceptors (Lipinski definition) is 4. The van der Waals surface area contributed by atoms with Crippen LogP contribution in [0, 0.1) is 5.82 Å². The fraction of sp³-hybridized carbons (Fsp3) is 0.125. The van der Waals surface area contributed by atoms with Crippen LogP contribution in [-0.2, 0) is 4.74 Å². The average molecular weight is 346 g/mol. The van der Waals surface area contributed by atoms with Gasteiger partial charge < -0.3 is 15.0 Å². The van der Waals surface area contributed by atoms with Crippen LogP contribution < -0.4 is 10.8 Å². The van der Waals surface area contributed by atoms with Crippen molar-refractivity contribution in [2.75, 3.05) is 19.0 Å². The minimum atomic E-state index is -0.621. The molecular formula is C16H14BClFN3O2. The number of H-pyrrole nitrogens is 1. The Hall–Kier alpha value is -2.38. The van der Waals surface area contributed by atoms with Crippen molar-refractivity contribution in [3.63, 3.8) is 0 Å². The molecule has 2 N–H and O–H groups in total. The fourth-order valence-electron chi connectivity index (χ4n) is 2.45. The number of anilines is 2. The molecule has 0 fully saturated rings. The van der Waals surface area contributed by atoms with E-state index < -0.39 is 5.82 Å². The maximum atomic E-state index is 14.9. The van der Waals surface area contributed by atoms with E-state index in [0.717, 1.165) is 5.46 Å². The first kappa shape index (κ1) is 16.5. The molecule has 0 aliphatic heterocycles. The molecule has 0 aliphatic rings. The lowest BCUT2D eigenvalue weighted by Crippen LogP contribution is -2.12. The maximum absolute atomic E-state index is 14.9. The molecule has 0 radical (unpaired) electrons. The summed E-state index contributed by atoms with van der Waals surface area (Å²) in [5.41, 5.74) is 2.26. The minimum absolute atomic E-state index is 0.0300. The highest BCUT2D eigenvalue weighted by Crippen LogP contribution is 2.32. The highest BCUT2D eigenvalue weighted by atomic mass is 35.5. The Kier molecular flexibility index (Phi) is 4.55. The SMILES string of the molecule is Bc1ccc(Nc2c(C(=O)COC)cc3[nH]cnc3c2F)c(Cl)c1. The smallest absolute Gasteiger partial charge is 0.190 e. The summed E-state index contributed by atoms with van der Waals surface area (Å²) >= 11 is 6.21. The van der Waals surface area contributed by atoms with Crippen molar-refractivity contribution < 1.29 is 13.9 Å². The van der Waals surface area contributed by atoms with Gasteiger partial charge in [-0.2, -0.15) is 0 Å². The van der Waals surface area contributed by atoms with Crippen LogP contribution in [0.25, 0.3) is 11.0 Å². The second-order valence-electron chi connectivity index (χ2n) is 5.38. The summed E-state index contributed by atoms with van der Waals surface area (Å²) in [5, 5.41) is 3.35. The zero-order valence-corrected chi connectivity index (χ0v) is 13.9. The van der Waals surface area contributed by atoms with Crippen LogP contribution in [-0.4, -0.2) is 37.3 Å². The van der Waals surface area contributed by atoms with E-state index in [1.807, 2.05) is 13.9 Å². The maximum Gasteiger partial charge on any atom is 0.190 e. The Morgan fingerprint density at radius 2 is 2.25 bits per heavy atom. The van der Waals surface area contributed by atoms with Gasteiger partial charge in [-0.05, 0) is 18.2 Å². The third-order valence-electron chi connectivity index (χ3n) is 3.61. The van der Waals surface area contributed by atoms with Crippen LogP contribution in [0.5, 0.6) is 0 Å². The van der Waals surface area contributed by atoms with Crippen LogP contribution in [0.3, 0.4) is 0 Å². The Balaban J connectivity index is 2.15. The summed E-state index contributed by atoms with van der Waals surface area (Å²) < 4.78 is 19.8. The molecule has 0 atom stereocenters. The van der Waals surface area contributed by atoms with Gasteiger partial charge in [0.05, 0.1) is 28.2 Å². The number of benzene rings is 2. The van der Waals surface area contributed by atoms with E-state index in [2.05, 4.69) is 15.3 Å². The topological polar surface area (TPSA) is 67.0 Å². The predicted octanol–water partition coefficient (Wildman–Crippen LogP) is 2.19. The van der Waals surface area contributed by atoms with E-state index in [1.54, 1.807) is 18.2 Å². The molecule has 5 nitrogen and oxygen atoms in total. The molecule has 8 heteroatoms. The molecule has 0 bridgehead atoms. The molecule has 2 aromatic carbocycles. The molecule has 1 aromatic heterocycles. The van der Waals surface area contributed by atoms with Gasteiger partial charge in [0.25, 0.3) is 0 Å². The summed E-state index contributed by atoms with van der Waals surface area (Å²) in [5.74, 6) is -0.969. The summed E-state index contributed by atoms with van der Waals surface area (Å²) in [4.78, 5) is 19.1. The molecule has 0 saturated heterocycles. The van der Waals surface area contributed by atoms with E-state index in [4.69, 9.17) is 16.3 Å². The number of aromatic amines is 1. The number of nitrogens with one attached hydrogen (secondary N) is 2. The van der Waals surface area contributed by atoms with Crippen LogP contribution >= 0.6 is 11.6 Å². The van der Waals surface area contributed by atoms with Gasteiger partial charge in [-0.25, -0.2) is 9.37 Å². The average Bonchev–Trinajstić information content (AvgIpc) is 3.01. The van der Waals surface area contributed by atoms with Gasteiger partial charge in [-0.15, -0.1) is 0 Å². The van der Waals surface area contributed by atoms with Crippen LogP contribution in [0.15, 0.2) is 30.6 Å². The van der Waals surface area contributed by atoms with Gasteiger partial charge in [-0.3, -0.25) is 4.79 Å². The summed E-state index contributed by atoms with van der Waals surface area (Å²) in [6, 6.07) is 6.88. The second-order valence-corrected chi connectivity index (χ2v) is 5.78. The third kappa shape index (κ3) is 3.00. The number of carbonyl (C=O) groups excluding carboxylic acids is 1. The minimum Gasteiger partial charge on any atom is -0.377 e. The number of carbonyl (C=O) groups is 1. The molecule has 0 aliphatic carbocycles. The highest BCUT2D eigenvalue weighted by Gasteiger charge is 2.21. The molecule has 3 rings (SSSR count). The Morgan fingerprint density at radius 3 is 2.96 bits per heavy atom. The van der Waals surface area contributed by atoms with Crippen molar-refractivity contribution in [3.8, 4) is 0 Å². The van der Waals surface area contributed by atoms with Gasteiger partial charge in [0.1, 0.15) is 20.0 Å². The lowest BCUT2D eigenvalue weighted by atomic mass is 9.96. The number of rotatable bonds is 5.